The van der Waals surface area contributed by atoms with Gasteiger partial charge in [-0.2, -0.15) is 0 Å². The van der Waals surface area contributed by atoms with Crippen molar-refractivity contribution < 1.29 is 9.53 Å². The predicted molar refractivity (Wildman–Crippen MR) is 66.4 cm³/mol. The van der Waals surface area contributed by atoms with E-state index < -0.39 is 0 Å². The second kappa shape index (κ2) is 6.30. The van der Waals surface area contributed by atoms with Crippen LogP contribution in [0.4, 0.5) is 0 Å². The van der Waals surface area contributed by atoms with Crippen LogP contribution in [0.5, 0.6) is 0 Å². The highest BCUT2D eigenvalue weighted by Crippen LogP contribution is 2.06. The van der Waals surface area contributed by atoms with Gasteiger partial charge >= 0.3 is 5.97 Å². The van der Waals surface area contributed by atoms with E-state index in [1.165, 1.54) is 6.08 Å². The van der Waals surface area contributed by atoms with Crippen molar-refractivity contribution >= 4 is 11.8 Å². The summed E-state index contributed by atoms with van der Waals surface area (Å²) < 4.78 is 4.80. The summed E-state index contributed by atoms with van der Waals surface area (Å²) in [5.74, 6) is 0.446. The van der Waals surface area contributed by atoms with E-state index in [9.17, 15) is 4.79 Å². The lowest BCUT2D eigenvalue weighted by Gasteiger charge is -2.15. The zero-order chi connectivity index (χ0) is 12.8. The molecular formula is C12H22N2O2. The van der Waals surface area contributed by atoms with Crippen LogP contribution < -0.4 is 5.32 Å². The van der Waals surface area contributed by atoms with Crippen molar-refractivity contribution in [2.45, 2.75) is 47.1 Å². The molecule has 0 aliphatic rings. The van der Waals surface area contributed by atoms with E-state index in [1.54, 1.807) is 13.8 Å². The number of aliphatic imine (C=N–C) groups is 1. The van der Waals surface area contributed by atoms with Gasteiger partial charge in [-0.15, -0.1) is 0 Å². The lowest BCUT2D eigenvalue weighted by Crippen LogP contribution is -2.24. The minimum Gasteiger partial charge on any atom is -0.463 e. The van der Waals surface area contributed by atoms with Crippen molar-refractivity contribution in [1.29, 1.82) is 0 Å². The van der Waals surface area contributed by atoms with Crippen LogP contribution in [0.3, 0.4) is 0 Å². The first kappa shape index (κ1) is 14.7. The van der Waals surface area contributed by atoms with E-state index in [-0.39, 0.29) is 11.5 Å². The molecule has 0 aliphatic heterocycles. The first-order chi connectivity index (χ1) is 7.24. The van der Waals surface area contributed by atoms with Crippen LogP contribution in [0.2, 0.25) is 0 Å². The van der Waals surface area contributed by atoms with Crippen molar-refractivity contribution in [3.8, 4) is 0 Å². The van der Waals surface area contributed by atoms with E-state index in [4.69, 9.17) is 4.74 Å². The molecule has 0 aliphatic carbocycles. The molecule has 0 saturated heterocycles. The number of allylic oxidation sites excluding steroid dienone is 1. The van der Waals surface area contributed by atoms with Gasteiger partial charge in [0.25, 0.3) is 0 Å². The maximum absolute atomic E-state index is 11.1. The summed E-state index contributed by atoms with van der Waals surface area (Å²) in [7, 11) is 0. The third-order valence-corrected chi connectivity index (χ3v) is 1.50. The quantitative estimate of drug-likeness (QED) is 0.347. The largest absolute Gasteiger partial charge is 0.463 e. The van der Waals surface area contributed by atoms with Crippen molar-refractivity contribution in [2.75, 3.05) is 6.61 Å². The summed E-state index contributed by atoms with van der Waals surface area (Å²) in [6.45, 7) is 11.9. The Bertz CT molecular complexity index is 299. The lowest BCUT2D eigenvalue weighted by molar-refractivity contribution is -0.137. The summed E-state index contributed by atoms with van der Waals surface area (Å²) >= 11 is 0. The maximum atomic E-state index is 11.1. The number of esters is 1. The molecule has 0 amide bonds. The van der Waals surface area contributed by atoms with Gasteiger partial charge in [-0.05, 0) is 41.5 Å². The molecule has 0 atom stereocenters. The summed E-state index contributed by atoms with van der Waals surface area (Å²) in [5, 5.41) is 3.04. The van der Waals surface area contributed by atoms with E-state index >= 15 is 0 Å². The Balaban J connectivity index is 4.40. The SMILES string of the molecule is CCOC(=O)C=C(C)NC(C)=NC(C)(C)C. The second-order valence-corrected chi connectivity index (χ2v) is 4.57. The van der Waals surface area contributed by atoms with E-state index in [0.717, 1.165) is 11.5 Å². The molecule has 4 nitrogen and oxygen atoms in total. The van der Waals surface area contributed by atoms with Gasteiger partial charge in [0.15, 0.2) is 0 Å². The zero-order valence-electron chi connectivity index (χ0n) is 11.0. The average molecular weight is 226 g/mol. The fourth-order valence-electron chi connectivity index (χ4n) is 1.21. The number of nitrogens with zero attached hydrogens (tertiary/aromatic N) is 1. The number of hydrogen-bond donors (Lipinski definition) is 1. The Morgan fingerprint density at radius 1 is 1.38 bits per heavy atom. The van der Waals surface area contributed by atoms with Crippen LogP contribution in [0, 0.1) is 0 Å². The Hall–Kier alpha value is -1.32. The van der Waals surface area contributed by atoms with E-state index in [2.05, 4.69) is 10.3 Å². The smallest absolute Gasteiger partial charge is 0.332 e. The molecule has 0 aromatic rings. The fourth-order valence-corrected chi connectivity index (χ4v) is 1.21. The number of carbonyl (C=O) groups excluding carboxylic acids is 1. The standard InChI is InChI=1S/C12H22N2O2/c1-7-16-11(15)8-9(2)13-10(3)14-12(4,5)6/h8H,7H2,1-6H3,(H,13,14). The molecule has 0 saturated carbocycles. The van der Waals surface area contributed by atoms with Crippen LogP contribution in [0.15, 0.2) is 16.8 Å². The molecule has 0 fully saturated rings. The molecule has 0 bridgehead atoms. The van der Waals surface area contributed by atoms with Crippen molar-refractivity contribution in [3.63, 3.8) is 0 Å². The summed E-state index contributed by atoms with van der Waals surface area (Å²) in [6.07, 6.45) is 1.42. The molecule has 0 aromatic carbocycles. The third kappa shape index (κ3) is 8.03. The Morgan fingerprint density at radius 2 is 1.94 bits per heavy atom. The second-order valence-electron chi connectivity index (χ2n) is 4.57. The van der Waals surface area contributed by atoms with Gasteiger partial charge < -0.3 is 10.1 Å². The molecule has 1 N–H and O–H groups in total. The number of amidine groups is 1. The Labute approximate surface area is 97.8 Å². The number of ether oxygens (including phenoxy) is 1. The third-order valence-electron chi connectivity index (χ3n) is 1.50. The summed E-state index contributed by atoms with van der Waals surface area (Å²) in [6, 6.07) is 0. The highest BCUT2D eigenvalue weighted by molar-refractivity contribution is 5.86. The van der Waals surface area contributed by atoms with E-state index in [0.29, 0.717) is 6.61 Å². The lowest BCUT2D eigenvalue weighted by atomic mass is 10.1. The molecule has 16 heavy (non-hydrogen) atoms. The highest BCUT2D eigenvalue weighted by Gasteiger charge is 2.07. The molecule has 4 heteroatoms. The van der Waals surface area contributed by atoms with Gasteiger partial charge in [0, 0.05) is 11.8 Å². The predicted octanol–water partition coefficient (Wildman–Crippen LogP) is 2.26. The van der Waals surface area contributed by atoms with Gasteiger partial charge in [-0.3, -0.25) is 4.99 Å². The van der Waals surface area contributed by atoms with Gasteiger partial charge in [-0.25, -0.2) is 4.79 Å². The van der Waals surface area contributed by atoms with Crippen LogP contribution in [0.1, 0.15) is 41.5 Å². The molecule has 0 aromatic heterocycles. The number of rotatable bonds is 3. The monoisotopic (exact) mass is 226 g/mol. The highest BCUT2D eigenvalue weighted by atomic mass is 16.5. The molecule has 0 radical (unpaired) electrons. The van der Waals surface area contributed by atoms with Gasteiger partial charge in [0.1, 0.15) is 0 Å². The molecule has 0 unspecified atom stereocenters. The fraction of sp³-hybridized carbons (Fsp3) is 0.667. The van der Waals surface area contributed by atoms with Crippen molar-refractivity contribution in [1.82, 2.24) is 5.32 Å². The van der Waals surface area contributed by atoms with Gasteiger partial charge in [0.2, 0.25) is 0 Å². The van der Waals surface area contributed by atoms with Crippen molar-refractivity contribution in [3.05, 3.63) is 11.8 Å². The van der Waals surface area contributed by atoms with Crippen LogP contribution in [-0.2, 0) is 9.53 Å². The first-order valence-electron chi connectivity index (χ1n) is 5.43. The van der Waals surface area contributed by atoms with Crippen molar-refractivity contribution in [2.24, 2.45) is 4.99 Å². The van der Waals surface area contributed by atoms with Crippen LogP contribution in [0.25, 0.3) is 0 Å². The van der Waals surface area contributed by atoms with Gasteiger partial charge in [-0.1, -0.05) is 0 Å². The molecule has 0 rings (SSSR count). The molecular weight excluding hydrogens is 204 g/mol. The van der Waals surface area contributed by atoms with Crippen LogP contribution >= 0.6 is 0 Å². The summed E-state index contributed by atoms with van der Waals surface area (Å²) in [4.78, 5) is 15.6. The number of hydrogen-bond acceptors (Lipinski definition) is 3. The van der Waals surface area contributed by atoms with Crippen LogP contribution in [-0.4, -0.2) is 24.0 Å². The normalized spacial score (nSPS) is 13.6. The molecule has 0 heterocycles. The van der Waals surface area contributed by atoms with E-state index in [1.807, 2.05) is 27.7 Å². The zero-order valence-corrected chi connectivity index (χ0v) is 11.0. The maximum Gasteiger partial charge on any atom is 0.332 e. The molecule has 0 spiro atoms. The first-order valence-corrected chi connectivity index (χ1v) is 5.43. The van der Waals surface area contributed by atoms with Gasteiger partial charge in [0.05, 0.1) is 18.0 Å². The topological polar surface area (TPSA) is 50.7 Å². The minimum atomic E-state index is -0.337. The average Bonchev–Trinajstić information content (AvgIpc) is 1.98. The number of carbonyl (C=O) groups is 1. The Morgan fingerprint density at radius 3 is 2.38 bits per heavy atom. The molecule has 92 valence electrons. The minimum absolute atomic E-state index is 0.124. The Kier molecular flexibility index (Phi) is 5.78. The number of nitrogens with one attached hydrogen (secondary N) is 1. The summed E-state index contributed by atoms with van der Waals surface area (Å²) in [5.41, 5.74) is 0.602.